The number of carbonyl (C=O) groups is 1. The molecule has 5 heteroatoms. The Kier molecular flexibility index (Phi) is 4.90. The Morgan fingerprint density at radius 1 is 1.33 bits per heavy atom. The highest BCUT2D eigenvalue weighted by atomic mass is 32.2. The highest BCUT2D eigenvalue weighted by Crippen LogP contribution is 2.16. The van der Waals surface area contributed by atoms with E-state index < -0.39 is 21.5 Å². The van der Waals surface area contributed by atoms with Crippen LogP contribution >= 0.6 is 0 Å². The van der Waals surface area contributed by atoms with Crippen molar-refractivity contribution < 1.29 is 13.2 Å². The van der Waals surface area contributed by atoms with Gasteiger partial charge in [0, 0.05) is 5.75 Å². The SMILES string of the molecule is CCS(=O)(=O)CC(=O)N[C@@H](C)c1ccccc1C. The molecule has 1 rings (SSSR count). The van der Waals surface area contributed by atoms with E-state index >= 15 is 0 Å². The van der Waals surface area contributed by atoms with Crippen LogP contribution in [0.4, 0.5) is 0 Å². The lowest BCUT2D eigenvalue weighted by Crippen LogP contribution is -2.33. The van der Waals surface area contributed by atoms with Crippen LogP contribution in [0.1, 0.15) is 31.0 Å². The summed E-state index contributed by atoms with van der Waals surface area (Å²) in [5.74, 6) is -0.911. The van der Waals surface area contributed by atoms with Gasteiger partial charge in [-0.2, -0.15) is 0 Å². The predicted octanol–water partition coefficient (Wildman–Crippen LogP) is 1.61. The van der Waals surface area contributed by atoms with E-state index in [2.05, 4.69) is 5.32 Å². The summed E-state index contributed by atoms with van der Waals surface area (Å²) < 4.78 is 22.7. The molecule has 100 valence electrons. The van der Waals surface area contributed by atoms with Crippen LogP contribution in [0.3, 0.4) is 0 Å². The maximum atomic E-state index is 11.6. The normalized spacial score (nSPS) is 13.1. The molecular weight excluding hydrogens is 250 g/mol. The van der Waals surface area contributed by atoms with Crippen LogP contribution in [0.5, 0.6) is 0 Å². The molecule has 0 aliphatic heterocycles. The number of benzene rings is 1. The van der Waals surface area contributed by atoms with Gasteiger partial charge in [0.1, 0.15) is 5.75 Å². The summed E-state index contributed by atoms with van der Waals surface area (Å²) in [5.41, 5.74) is 2.07. The molecule has 0 radical (unpaired) electrons. The first-order chi connectivity index (χ1) is 8.35. The molecule has 0 saturated heterocycles. The van der Waals surface area contributed by atoms with Crippen LogP contribution in [0, 0.1) is 6.92 Å². The number of hydrogen-bond acceptors (Lipinski definition) is 3. The fraction of sp³-hybridized carbons (Fsp3) is 0.462. The molecule has 0 aliphatic rings. The number of aryl methyl sites for hydroxylation is 1. The van der Waals surface area contributed by atoms with Gasteiger partial charge in [-0.3, -0.25) is 4.79 Å². The van der Waals surface area contributed by atoms with Crippen molar-refractivity contribution in [1.82, 2.24) is 5.32 Å². The van der Waals surface area contributed by atoms with E-state index in [9.17, 15) is 13.2 Å². The number of hydrogen-bond donors (Lipinski definition) is 1. The Morgan fingerprint density at radius 3 is 2.50 bits per heavy atom. The summed E-state index contributed by atoms with van der Waals surface area (Å²) in [6, 6.07) is 7.52. The second-order valence-electron chi connectivity index (χ2n) is 4.32. The van der Waals surface area contributed by atoms with E-state index in [-0.39, 0.29) is 11.8 Å². The minimum Gasteiger partial charge on any atom is -0.349 e. The zero-order chi connectivity index (χ0) is 13.8. The molecule has 0 saturated carbocycles. The molecule has 0 bridgehead atoms. The lowest BCUT2D eigenvalue weighted by atomic mass is 10.0. The summed E-state index contributed by atoms with van der Waals surface area (Å²) in [7, 11) is -3.27. The highest BCUT2D eigenvalue weighted by Gasteiger charge is 2.17. The van der Waals surface area contributed by atoms with Gasteiger partial charge in [-0.1, -0.05) is 31.2 Å². The van der Waals surface area contributed by atoms with E-state index in [0.717, 1.165) is 11.1 Å². The van der Waals surface area contributed by atoms with Crippen LogP contribution in [0.25, 0.3) is 0 Å². The van der Waals surface area contributed by atoms with Crippen molar-refractivity contribution in [2.24, 2.45) is 0 Å². The molecule has 1 aromatic carbocycles. The second-order valence-corrected chi connectivity index (χ2v) is 6.68. The Hall–Kier alpha value is -1.36. The Labute approximate surface area is 108 Å². The molecule has 0 heterocycles. The quantitative estimate of drug-likeness (QED) is 0.883. The van der Waals surface area contributed by atoms with Crippen LogP contribution in [0.2, 0.25) is 0 Å². The Bertz CT molecular complexity index is 523. The molecule has 0 aliphatic carbocycles. The Morgan fingerprint density at radius 2 is 1.94 bits per heavy atom. The van der Waals surface area contributed by atoms with Gasteiger partial charge in [0.2, 0.25) is 5.91 Å². The smallest absolute Gasteiger partial charge is 0.235 e. The van der Waals surface area contributed by atoms with Crippen molar-refractivity contribution in [3.8, 4) is 0 Å². The number of nitrogens with one attached hydrogen (secondary N) is 1. The first-order valence-corrected chi connectivity index (χ1v) is 7.73. The van der Waals surface area contributed by atoms with E-state index in [1.54, 1.807) is 0 Å². The molecule has 18 heavy (non-hydrogen) atoms. The third-order valence-corrected chi connectivity index (χ3v) is 4.40. The van der Waals surface area contributed by atoms with E-state index in [1.165, 1.54) is 6.92 Å². The van der Waals surface area contributed by atoms with Crippen LogP contribution in [0.15, 0.2) is 24.3 Å². The van der Waals surface area contributed by atoms with Crippen molar-refractivity contribution >= 4 is 15.7 Å². The average Bonchev–Trinajstić information content (AvgIpc) is 2.28. The maximum absolute atomic E-state index is 11.6. The number of carbonyl (C=O) groups excluding carboxylic acids is 1. The maximum Gasteiger partial charge on any atom is 0.235 e. The van der Waals surface area contributed by atoms with E-state index in [4.69, 9.17) is 0 Å². The third kappa shape index (κ3) is 4.14. The largest absolute Gasteiger partial charge is 0.349 e. The van der Waals surface area contributed by atoms with Gasteiger partial charge in [0.25, 0.3) is 0 Å². The molecule has 1 amide bonds. The van der Waals surface area contributed by atoms with Gasteiger partial charge in [0.15, 0.2) is 9.84 Å². The zero-order valence-corrected chi connectivity index (χ0v) is 11.8. The lowest BCUT2D eigenvalue weighted by molar-refractivity contribution is -0.119. The van der Waals surface area contributed by atoms with Crippen molar-refractivity contribution in [2.75, 3.05) is 11.5 Å². The molecular formula is C13H19NO3S. The van der Waals surface area contributed by atoms with Gasteiger partial charge in [-0.05, 0) is 25.0 Å². The van der Waals surface area contributed by atoms with Gasteiger partial charge >= 0.3 is 0 Å². The summed E-state index contributed by atoms with van der Waals surface area (Å²) in [6.45, 7) is 5.34. The van der Waals surface area contributed by atoms with E-state index in [0.29, 0.717) is 0 Å². The fourth-order valence-corrected chi connectivity index (χ4v) is 2.42. The summed E-state index contributed by atoms with van der Waals surface area (Å²) in [4.78, 5) is 11.6. The van der Waals surface area contributed by atoms with Crippen molar-refractivity contribution in [3.63, 3.8) is 0 Å². The molecule has 0 unspecified atom stereocenters. The van der Waals surface area contributed by atoms with Crippen LogP contribution in [-0.4, -0.2) is 25.8 Å². The van der Waals surface area contributed by atoms with Crippen molar-refractivity contribution in [2.45, 2.75) is 26.8 Å². The monoisotopic (exact) mass is 269 g/mol. The number of sulfone groups is 1. The lowest BCUT2D eigenvalue weighted by Gasteiger charge is -2.16. The molecule has 0 fully saturated rings. The topological polar surface area (TPSA) is 63.2 Å². The second kappa shape index (κ2) is 6.00. The minimum atomic E-state index is -3.27. The highest BCUT2D eigenvalue weighted by molar-refractivity contribution is 7.92. The number of amides is 1. The average molecular weight is 269 g/mol. The first-order valence-electron chi connectivity index (χ1n) is 5.91. The number of rotatable bonds is 5. The van der Waals surface area contributed by atoms with Crippen LogP contribution in [-0.2, 0) is 14.6 Å². The standard InChI is InChI=1S/C13H19NO3S/c1-4-18(16,17)9-13(15)14-11(3)12-8-6-5-7-10(12)2/h5-8,11H,4,9H2,1-3H3,(H,14,15)/t11-/m0/s1. The van der Waals surface area contributed by atoms with E-state index in [1.807, 2.05) is 38.1 Å². The van der Waals surface area contributed by atoms with Gasteiger partial charge in [-0.15, -0.1) is 0 Å². The fourth-order valence-electron chi connectivity index (χ4n) is 1.74. The predicted molar refractivity (Wildman–Crippen MR) is 72.1 cm³/mol. The minimum absolute atomic E-state index is 0.0147. The third-order valence-electron chi connectivity index (χ3n) is 2.82. The molecule has 1 N–H and O–H groups in total. The van der Waals surface area contributed by atoms with Crippen LogP contribution < -0.4 is 5.32 Å². The van der Waals surface area contributed by atoms with Crippen molar-refractivity contribution in [3.05, 3.63) is 35.4 Å². The summed E-state index contributed by atoms with van der Waals surface area (Å²) in [5, 5.41) is 2.71. The zero-order valence-electron chi connectivity index (χ0n) is 10.9. The molecule has 4 nitrogen and oxygen atoms in total. The van der Waals surface area contributed by atoms with Gasteiger partial charge in [-0.25, -0.2) is 8.42 Å². The molecule has 1 aromatic rings. The molecule has 0 spiro atoms. The molecule has 1 atom stereocenters. The Balaban J connectivity index is 2.69. The van der Waals surface area contributed by atoms with Crippen molar-refractivity contribution in [1.29, 1.82) is 0 Å². The summed E-state index contributed by atoms with van der Waals surface area (Å²) >= 11 is 0. The molecule has 0 aromatic heterocycles. The first kappa shape index (κ1) is 14.7. The van der Waals surface area contributed by atoms with Gasteiger partial charge in [0.05, 0.1) is 6.04 Å². The summed E-state index contributed by atoms with van der Waals surface area (Å²) in [6.07, 6.45) is 0. The van der Waals surface area contributed by atoms with Gasteiger partial charge < -0.3 is 5.32 Å².